The van der Waals surface area contributed by atoms with Crippen LogP contribution in [0.1, 0.15) is 25.8 Å². The lowest BCUT2D eigenvalue weighted by atomic mass is 9.98. The standard InChI is InChI=1S/C11H20N4O3S2/c1-11(2,3)9-12-13-10(19-9)15(20(6,17)18)7-8(16)14(4)5/h7H2,1-6H3. The smallest absolute Gasteiger partial charge is 0.242 e. The Bertz CT molecular complexity index is 587. The van der Waals surface area contributed by atoms with Crippen LogP contribution in [0.15, 0.2) is 0 Å². The third-order valence-corrected chi connectivity index (χ3v) is 5.04. The number of hydrogen-bond donors (Lipinski definition) is 0. The van der Waals surface area contributed by atoms with Crippen molar-refractivity contribution in [3.05, 3.63) is 5.01 Å². The predicted molar refractivity (Wildman–Crippen MR) is 79.5 cm³/mol. The average Bonchev–Trinajstić information content (AvgIpc) is 2.71. The summed E-state index contributed by atoms with van der Waals surface area (Å²) in [5.41, 5.74) is -0.218. The Kier molecular flexibility index (Phi) is 4.75. The lowest BCUT2D eigenvalue weighted by molar-refractivity contribution is -0.127. The maximum absolute atomic E-state index is 11.8. The SMILES string of the molecule is CN(C)C(=O)CN(c1nnc(C(C)(C)C)s1)S(C)(=O)=O. The Hall–Kier alpha value is -1.22. The third kappa shape index (κ3) is 4.14. The monoisotopic (exact) mass is 320 g/mol. The summed E-state index contributed by atoms with van der Waals surface area (Å²) in [4.78, 5) is 13.1. The van der Waals surface area contributed by atoms with Gasteiger partial charge in [0.1, 0.15) is 11.6 Å². The summed E-state index contributed by atoms with van der Waals surface area (Å²) in [5, 5.41) is 8.85. The second-order valence-electron chi connectivity index (χ2n) is 5.70. The van der Waals surface area contributed by atoms with Crippen molar-refractivity contribution in [3.63, 3.8) is 0 Å². The van der Waals surface area contributed by atoms with E-state index in [1.54, 1.807) is 14.1 Å². The number of hydrogen-bond acceptors (Lipinski definition) is 6. The lowest BCUT2D eigenvalue weighted by Gasteiger charge is -2.20. The first-order chi connectivity index (χ1) is 8.93. The molecule has 0 saturated heterocycles. The van der Waals surface area contributed by atoms with Crippen LogP contribution in [0.3, 0.4) is 0 Å². The molecule has 0 saturated carbocycles. The van der Waals surface area contributed by atoms with Crippen LogP contribution >= 0.6 is 11.3 Å². The fraction of sp³-hybridized carbons (Fsp3) is 0.727. The molecule has 20 heavy (non-hydrogen) atoms. The van der Waals surface area contributed by atoms with E-state index in [2.05, 4.69) is 10.2 Å². The minimum absolute atomic E-state index is 0.215. The highest BCUT2D eigenvalue weighted by Gasteiger charge is 2.27. The molecule has 0 N–H and O–H groups in total. The van der Waals surface area contributed by atoms with Gasteiger partial charge in [0.2, 0.25) is 21.1 Å². The number of anilines is 1. The maximum Gasteiger partial charge on any atom is 0.242 e. The van der Waals surface area contributed by atoms with Gasteiger partial charge in [-0.25, -0.2) is 12.7 Å². The van der Waals surface area contributed by atoms with E-state index in [0.29, 0.717) is 0 Å². The van der Waals surface area contributed by atoms with E-state index in [-0.39, 0.29) is 23.0 Å². The molecule has 1 heterocycles. The number of likely N-dealkylation sites (N-methyl/N-ethyl adjacent to an activating group) is 1. The molecule has 114 valence electrons. The van der Waals surface area contributed by atoms with Crippen LogP contribution in [0.25, 0.3) is 0 Å². The number of rotatable bonds is 4. The quantitative estimate of drug-likeness (QED) is 0.815. The summed E-state index contributed by atoms with van der Waals surface area (Å²) in [6, 6.07) is 0. The zero-order valence-electron chi connectivity index (χ0n) is 12.5. The van der Waals surface area contributed by atoms with Crippen LogP contribution in [-0.4, -0.2) is 56.3 Å². The summed E-state index contributed by atoms with van der Waals surface area (Å²) in [6.45, 7) is 5.62. The molecular weight excluding hydrogens is 300 g/mol. The van der Waals surface area contributed by atoms with Crippen molar-refractivity contribution < 1.29 is 13.2 Å². The average molecular weight is 320 g/mol. The Balaban J connectivity index is 3.13. The van der Waals surface area contributed by atoms with Gasteiger partial charge in [-0.15, -0.1) is 10.2 Å². The fourth-order valence-electron chi connectivity index (χ4n) is 1.21. The first-order valence-electron chi connectivity index (χ1n) is 5.95. The molecule has 0 radical (unpaired) electrons. The number of aromatic nitrogens is 2. The predicted octanol–water partition coefficient (Wildman–Crippen LogP) is 0.690. The molecule has 0 atom stereocenters. The van der Waals surface area contributed by atoms with E-state index in [1.807, 2.05) is 20.8 Å². The van der Waals surface area contributed by atoms with Gasteiger partial charge in [-0.2, -0.15) is 0 Å². The Labute approximate surface area is 123 Å². The second-order valence-corrected chi connectivity index (χ2v) is 8.56. The molecule has 0 spiro atoms. The third-order valence-electron chi connectivity index (χ3n) is 2.45. The summed E-state index contributed by atoms with van der Waals surface area (Å²) < 4.78 is 24.7. The van der Waals surface area contributed by atoms with E-state index in [0.717, 1.165) is 15.6 Å². The highest BCUT2D eigenvalue weighted by Crippen LogP contribution is 2.30. The molecule has 9 heteroatoms. The number of carbonyl (C=O) groups is 1. The fourth-order valence-corrected chi connectivity index (χ4v) is 3.20. The highest BCUT2D eigenvalue weighted by molar-refractivity contribution is 7.92. The van der Waals surface area contributed by atoms with Gasteiger partial charge in [0, 0.05) is 19.5 Å². The zero-order valence-corrected chi connectivity index (χ0v) is 14.2. The van der Waals surface area contributed by atoms with Gasteiger partial charge in [0.05, 0.1) is 6.26 Å². The molecule has 1 aromatic heterocycles. The first-order valence-corrected chi connectivity index (χ1v) is 8.61. The van der Waals surface area contributed by atoms with Crippen molar-refractivity contribution in [2.45, 2.75) is 26.2 Å². The zero-order chi connectivity index (χ0) is 15.7. The van der Waals surface area contributed by atoms with Crippen molar-refractivity contribution in [3.8, 4) is 0 Å². The number of nitrogens with zero attached hydrogens (tertiary/aromatic N) is 4. The Morgan fingerprint density at radius 2 is 1.80 bits per heavy atom. The van der Waals surface area contributed by atoms with Crippen molar-refractivity contribution in [2.75, 3.05) is 31.2 Å². The van der Waals surface area contributed by atoms with Gasteiger partial charge in [-0.05, 0) is 0 Å². The van der Waals surface area contributed by atoms with Crippen molar-refractivity contribution >= 4 is 32.4 Å². The molecule has 1 amide bonds. The van der Waals surface area contributed by atoms with Crippen LogP contribution < -0.4 is 4.31 Å². The van der Waals surface area contributed by atoms with Gasteiger partial charge in [0.15, 0.2) is 0 Å². The first kappa shape index (κ1) is 16.8. The number of sulfonamides is 1. The van der Waals surface area contributed by atoms with E-state index in [9.17, 15) is 13.2 Å². The molecule has 0 bridgehead atoms. The summed E-state index contributed by atoms with van der Waals surface area (Å²) in [7, 11) is -0.439. The van der Waals surface area contributed by atoms with Crippen LogP contribution in [0, 0.1) is 0 Å². The molecule has 7 nitrogen and oxygen atoms in total. The highest BCUT2D eigenvalue weighted by atomic mass is 32.2. The van der Waals surface area contributed by atoms with Gasteiger partial charge in [-0.1, -0.05) is 32.1 Å². The van der Waals surface area contributed by atoms with Crippen molar-refractivity contribution in [1.29, 1.82) is 0 Å². The van der Waals surface area contributed by atoms with E-state index in [4.69, 9.17) is 0 Å². The molecule has 0 aliphatic carbocycles. The summed E-state index contributed by atoms with van der Waals surface area (Å²) >= 11 is 1.18. The number of carbonyl (C=O) groups excluding carboxylic acids is 1. The molecule has 0 aliphatic rings. The maximum atomic E-state index is 11.8. The van der Waals surface area contributed by atoms with E-state index < -0.39 is 10.0 Å². The van der Waals surface area contributed by atoms with Crippen molar-refractivity contribution in [1.82, 2.24) is 15.1 Å². The molecule has 0 unspecified atom stereocenters. The Morgan fingerprint density at radius 3 is 2.15 bits per heavy atom. The van der Waals surface area contributed by atoms with E-state index >= 15 is 0 Å². The second kappa shape index (κ2) is 5.65. The summed E-state index contributed by atoms with van der Waals surface area (Å²) in [6.07, 6.45) is 1.05. The molecule has 0 fully saturated rings. The molecular formula is C11H20N4O3S2. The number of amides is 1. The Morgan fingerprint density at radius 1 is 1.25 bits per heavy atom. The van der Waals surface area contributed by atoms with Gasteiger partial charge in [0.25, 0.3) is 0 Å². The molecule has 1 rings (SSSR count). The van der Waals surface area contributed by atoms with Crippen LogP contribution in [-0.2, 0) is 20.2 Å². The topological polar surface area (TPSA) is 83.5 Å². The lowest BCUT2D eigenvalue weighted by Crippen LogP contribution is -2.39. The van der Waals surface area contributed by atoms with Crippen LogP contribution in [0.2, 0.25) is 0 Å². The molecule has 0 aliphatic heterocycles. The summed E-state index contributed by atoms with van der Waals surface area (Å²) in [5.74, 6) is -0.317. The minimum atomic E-state index is -3.58. The molecule has 0 aromatic carbocycles. The van der Waals surface area contributed by atoms with Gasteiger partial charge >= 0.3 is 0 Å². The van der Waals surface area contributed by atoms with Gasteiger partial charge < -0.3 is 4.90 Å². The largest absolute Gasteiger partial charge is 0.347 e. The van der Waals surface area contributed by atoms with E-state index in [1.165, 1.54) is 16.2 Å². The van der Waals surface area contributed by atoms with Crippen molar-refractivity contribution in [2.24, 2.45) is 0 Å². The molecule has 1 aromatic rings. The van der Waals surface area contributed by atoms with Gasteiger partial charge in [-0.3, -0.25) is 4.79 Å². The van der Waals surface area contributed by atoms with Crippen LogP contribution in [0.4, 0.5) is 5.13 Å². The normalized spacial score (nSPS) is 12.3. The van der Waals surface area contributed by atoms with Crippen LogP contribution in [0.5, 0.6) is 0 Å². The minimum Gasteiger partial charge on any atom is -0.347 e.